The number of nitrogens with zero attached hydrogens (tertiary/aromatic N) is 1. The van der Waals surface area contributed by atoms with Crippen LogP contribution in [0.3, 0.4) is 0 Å². The maximum Gasteiger partial charge on any atom is 0.410 e. The highest BCUT2D eigenvalue weighted by molar-refractivity contribution is 5.68. The number of rotatable bonds is 5. The topological polar surface area (TPSA) is 59.0 Å². The molecule has 5 heteroatoms. The van der Waals surface area contributed by atoms with E-state index in [0.717, 1.165) is 44.2 Å². The normalized spacial score (nSPS) is 42.3. The minimum atomic E-state index is -0.273. The summed E-state index contributed by atoms with van der Waals surface area (Å²) < 4.78 is 13.1. The fourth-order valence-electron chi connectivity index (χ4n) is 10.2. The van der Waals surface area contributed by atoms with E-state index >= 15 is 0 Å². The van der Waals surface area contributed by atoms with Gasteiger partial charge in [0.25, 0.3) is 0 Å². The molecule has 1 aromatic carbocycles. The van der Waals surface area contributed by atoms with Gasteiger partial charge in [0.2, 0.25) is 0 Å². The third kappa shape index (κ3) is 5.07. The van der Waals surface area contributed by atoms with E-state index < -0.39 is 0 Å². The molecule has 226 valence electrons. The van der Waals surface area contributed by atoms with Crippen molar-refractivity contribution in [2.24, 2.45) is 35.0 Å². The van der Waals surface area contributed by atoms with Crippen LogP contribution < -0.4 is 0 Å². The van der Waals surface area contributed by atoms with Gasteiger partial charge in [0.05, 0.1) is 23.9 Å². The van der Waals surface area contributed by atoms with Crippen molar-refractivity contribution in [1.29, 1.82) is 0 Å². The average Bonchev–Trinajstić information content (AvgIpc) is 3.52. The van der Waals surface area contributed by atoms with Gasteiger partial charge in [0.15, 0.2) is 0 Å². The summed E-state index contributed by atoms with van der Waals surface area (Å²) in [5.41, 5.74) is 4.21. The number of allylic oxidation sites excluding steroid dienone is 1. The van der Waals surface area contributed by atoms with E-state index in [9.17, 15) is 9.90 Å². The molecule has 3 aliphatic carbocycles. The molecule has 0 bridgehead atoms. The number of carbonyl (C=O) groups excluding carboxylic acids is 1. The summed E-state index contributed by atoms with van der Waals surface area (Å²) in [6.07, 6.45) is 11.0. The number of fused-ring (bicyclic) bond motifs is 2. The lowest BCUT2D eigenvalue weighted by molar-refractivity contribution is -0.0629. The van der Waals surface area contributed by atoms with Crippen LogP contribution in [0.2, 0.25) is 0 Å². The van der Waals surface area contributed by atoms with Gasteiger partial charge in [-0.15, -0.1) is 0 Å². The largest absolute Gasteiger partial charge is 0.445 e. The predicted octanol–water partition coefficient (Wildman–Crippen LogP) is 7.91. The summed E-state index contributed by atoms with van der Waals surface area (Å²) in [6.45, 7) is 12.9. The summed E-state index contributed by atoms with van der Waals surface area (Å²) in [5.74, 6) is 2.61. The van der Waals surface area contributed by atoms with Crippen molar-refractivity contribution in [3.63, 3.8) is 0 Å². The van der Waals surface area contributed by atoms with Gasteiger partial charge in [-0.3, -0.25) is 0 Å². The zero-order valence-corrected chi connectivity index (χ0v) is 26.1. The fraction of sp³-hybridized carbons (Fsp3) is 0.750. The number of carbonyl (C=O) groups is 1. The monoisotopic (exact) mass is 563 g/mol. The predicted molar refractivity (Wildman–Crippen MR) is 162 cm³/mol. The van der Waals surface area contributed by atoms with Crippen LogP contribution in [0, 0.1) is 35.0 Å². The summed E-state index contributed by atoms with van der Waals surface area (Å²) in [4.78, 5) is 15.5. The molecule has 10 atom stereocenters. The van der Waals surface area contributed by atoms with E-state index in [0.29, 0.717) is 35.7 Å². The highest BCUT2D eigenvalue weighted by atomic mass is 16.6. The van der Waals surface area contributed by atoms with Gasteiger partial charge in [0, 0.05) is 12.5 Å². The second-order valence-electron chi connectivity index (χ2n) is 14.8. The van der Waals surface area contributed by atoms with Crippen molar-refractivity contribution in [3.05, 3.63) is 47.0 Å². The quantitative estimate of drug-likeness (QED) is 0.370. The van der Waals surface area contributed by atoms with Gasteiger partial charge in [-0.1, -0.05) is 76.4 Å². The Balaban J connectivity index is 1.23. The van der Waals surface area contributed by atoms with E-state index in [2.05, 4.69) is 34.6 Å². The zero-order valence-electron chi connectivity index (χ0n) is 26.1. The fourth-order valence-corrected chi connectivity index (χ4v) is 10.2. The lowest BCUT2D eigenvalue weighted by atomic mass is 9.58. The number of likely N-dealkylation sites (tertiary alicyclic amines) is 1. The van der Waals surface area contributed by atoms with Crippen LogP contribution in [0.4, 0.5) is 4.79 Å². The molecule has 4 fully saturated rings. The van der Waals surface area contributed by atoms with Gasteiger partial charge in [-0.2, -0.15) is 0 Å². The lowest BCUT2D eigenvalue weighted by Crippen LogP contribution is -2.54. The highest BCUT2D eigenvalue weighted by Gasteiger charge is 2.61. The van der Waals surface area contributed by atoms with Crippen molar-refractivity contribution in [3.8, 4) is 0 Å². The Bertz CT molecular complexity index is 1130. The molecule has 0 aromatic heterocycles. The molecule has 41 heavy (non-hydrogen) atoms. The van der Waals surface area contributed by atoms with Crippen LogP contribution in [-0.2, 0) is 16.1 Å². The van der Waals surface area contributed by atoms with Crippen molar-refractivity contribution >= 4 is 6.09 Å². The second kappa shape index (κ2) is 11.3. The third-order valence-corrected chi connectivity index (χ3v) is 12.5. The van der Waals surface area contributed by atoms with Gasteiger partial charge in [-0.05, 0) is 98.5 Å². The van der Waals surface area contributed by atoms with E-state index in [1.165, 1.54) is 37.7 Å². The van der Waals surface area contributed by atoms with Gasteiger partial charge < -0.3 is 19.5 Å². The Kier molecular flexibility index (Phi) is 8.08. The van der Waals surface area contributed by atoms with E-state index in [1.807, 2.05) is 35.2 Å². The van der Waals surface area contributed by atoms with Crippen molar-refractivity contribution in [2.45, 2.75) is 129 Å². The summed E-state index contributed by atoms with van der Waals surface area (Å²) >= 11 is 0. The molecule has 0 radical (unpaired) electrons. The Hall–Kier alpha value is -1.85. The standard InChI is InChI=1S/C36H53NO4/c1-6-10-28-19-30(38)14-15-35(28,5)29-18-27-13-16-36(24(3)31(27)20-29)25(4)33-32(41-36)17-23(2)21-37(33)34(39)40-22-26-11-8-7-9-12-26/h7-9,11-12,23,25,27-30,32-33,38H,6,10,13-22H2,1-5H3/t23-,25+,27-,28+,29+,30-,32+,33-,35-,36-/m0/s1. The number of hydrogen-bond acceptors (Lipinski definition) is 4. The van der Waals surface area contributed by atoms with Crippen LogP contribution in [0.25, 0.3) is 0 Å². The minimum Gasteiger partial charge on any atom is -0.445 e. The first-order valence-electron chi connectivity index (χ1n) is 16.7. The van der Waals surface area contributed by atoms with Crippen LogP contribution >= 0.6 is 0 Å². The van der Waals surface area contributed by atoms with Crippen molar-refractivity contribution in [2.75, 3.05) is 6.54 Å². The molecule has 0 unspecified atom stereocenters. The minimum absolute atomic E-state index is 0.0602. The Labute approximate surface area is 248 Å². The maximum atomic E-state index is 13.5. The first-order chi connectivity index (χ1) is 19.7. The SMILES string of the molecule is CCC[C@@H]1C[C@@H](O)CC[C@]1(C)[C@H]1CC2=C(C)[C@]3(CC[C@H]2C1)O[C@@H]1C[C@H](C)CN(C(=O)OCc2ccccc2)[C@H]1[C@H]3C. The Morgan fingerprint density at radius 2 is 1.90 bits per heavy atom. The number of aliphatic hydroxyl groups excluding tert-OH is 1. The van der Waals surface area contributed by atoms with Crippen LogP contribution in [-0.4, -0.2) is 46.5 Å². The van der Waals surface area contributed by atoms with E-state index in [-0.39, 0.29) is 35.9 Å². The molecule has 1 amide bonds. The molecule has 2 heterocycles. The first kappa shape index (κ1) is 29.2. The molecule has 5 nitrogen and oxygen atoms in total. The van der Waals surface area contributed by atoms with Gasteiger partial charge >= 0.3 is 6.09 Å². The average molecular weight is 564 g/mol. The summed E-state index contributed by atoms with van der Waals surface area (Å²) in [5, 5.41) is 10.5. The van der Waals surface area contributed by atoms with Crippen LogP contribution in [0.15, 0.2) is 41.5 Å². The number of amides is 1. The maximum absolute atomic E-state index is 13.5. The van der Waals surface area contributed by atoms with Crippen molar-refractivity contribution < 1.29 is 19.4 Å². The molecule has 2 saturated heterocycles. The highest BCUT2D eigenvalue weighted by Crippen LogP contribution is 2.61. The van der Waals surface area contributed by atoms with E-state index in [4.69, 9.17) is 9.47 Å². The summed E-state index contributed by atoms with van der Waals surface area (Å²) in [6, 6.07) is 10.0. The molecule has 1 spiro atoms. The van der Waals surface area contributed by atoms with E-state index in [1.54, 1.807) is 5.57 Å². The molecule has 6 rings (SSSR count). The zero-order chi connectivity index (χ0) is 28.9. The number of piperidine rings is 1. The van der Waals surface area contributed by atoms with Crippen molar-refractivity contribution in [1.82, 2.24) is 4.90 Å². The number of benzene rings is 1. The smallest absolute Gasteiger partial charge is 0.410 e. The molecule has 5 aliphatic rings. The molecule has 2 aliphatic heterocycles. The van der Waals surface area contributed by atoms with Crippen LogP contribution in [0.5, 0.6) is 0 Å². The molecule has 1 N–H and O–H groups in total. The molecule has 1 aromatic rings. The molecule has 2 saturated carbocycles. The number of ether oxygens (including phenoxy) is 2. The number of hydrogen-bond donors (Lipinski definition) is 1. The lowest BCUT2D eigenvalue weighted by Gasteiger charge is -2.47. The Morgan fingerprint density at radius 3 is 2.66 bits per heavy atom. The Morgan fingerprint density at radius 1 is 1.12 bits per heavy atom. The summed E-state index contributed by atoms with van der Waals surface area (Å²) in [7, 11) is 0. The van der Waals surface area contributed by atoms with Gasteiger partial charge in [0.1, 0.15) is 6.61 Å². The number of aliphatic hydroxyl groups is 1. The second-order valence-corrected chi connectivity index (χ2v) is 14.8. The molecular weight excluding hydrogens is 510 g/mol. The van der Waals surface area contributed by atoms with Crippen LogP contribution in [0.1, 0.15) is 104 Å². The first-order valence-corrected chi connectivity index (χ1v) is 16.7. The third-order valence-electron chi connectivity index (χ3n) is 12.5. The van der Waals surface area contributed by atoms with Gasteiger partial charge in [-0.25, -0.2) is 4.79 Å². The molecular formula is C36H53NO4.